The van der Waals surface area contributed by atoms with E-state index in [2.05, 4.69) is 6.07 Å². The minimum atomic E-state index is -4.05. The zero-order valence-corrected chi connectivity index (χ0v) is 21.8. The van der Waals surface area contributed by atoms with Crippen LogP contribution in [0.5, 0.6) is 0 Å². The van der Waals surface area contributed by atoms with Crippen LogP contribution < -0.4 is 9.86 Å². The van der Waals surface area contributed by atoms with Gasteiger partial charge in [0.05, 0.1) is 16.3 Å². The number of carbonyl (C=O) groups excluding carboxylic acids is 1. The van der Waals surface area contributed by atoms with Crippen molar-refractivity contribution >= 4 is 21.6 Å². The molecule has 0 bridgehead atoms. The van der Waals surface area contributed by atoms with Gasteiger partial charge in [-0.25, -0.2) is 13.1 Å². The van der Waals surface area contributed by atoms with E-state index in [1.54, 1.807) is 35.7 Å². The number of amides is 1. The van der Waals surface area contributed by atoms with Crippen LogP contribution in [0.2, 0.25) is 0 Å². The zero-order valence-electron chi connectivity index (χ0n) is 21.0. The van der Waals surface area contributed by atoms with Crippen molar-refractivity contribution in [3.05, 3.63) is 112 Å². The maximum Gasteiger partial charge on any atom is 0.296 e. The number of hydrogen-bond acceptors (Lipinski definition) is 4. The van der Waals surface area contributed by atoms with Gasteiger partial charge < -0.3 is 4.90 Å². The molecule has 0 atom stereocenters. The molecule has 0 N–H and O–H groups in total. The van der Waals surface area contributed by atoms with E-state index in [-0.39, 0.29) is 16.5 Å². The van der Waals surface area contributed by atoms with Crippen molar-refractivity contribution < 1.29 is 13.2 Å². The number of nitrogens with zero attached hydrogens (tertiary/aromatic N) is 4. The fourth-order valence-electron chi connectivity index (χ4n) is 4.82. The van der Waals surface area contributed by atoms with Gasteiger partial charge in [-0.1, -0.05) is 42.5 Å². The van der Waals surface area contributed by atoms with E-state index in [4.69, 9.17) is 0 Å². The van der Waals surface area contributed by atoms with Crippen molar-refractivity contribution in [1.82, 2.24) is 14.3 Å². The summed E-state index contributed by atoms with van der Waals surface area (Å²) in [6.07, 6.45) is 0.788. The molecule has 1 aliphatic rings. The van der Waals surface area contributed by atoms with Crippen LogP contribution in [-0.2, 0) is 30.0 Å². The Labute approximate surface area is 216 Å². The third-order valence-corrected chi connectivity index (χ3v) is 8.79. The number of anilines is 1. The monoisotopic (exact) mass is 516 g/mol. The molecule has 0 saturated carbocycles. The van der Waals surface area contributed by atoms with Crippen molar-refractivity contribution in [2.45, 2.75) is 24.8 Å². The van der Waals surface area contributed by atoms with Gasteiger partial charge in [-0.3, -0.25) is 18.6 Å². The number of sulfonamides is 1. The lowest BCUT2D eigenvalue weighted by molar-refractivity contribution is 0.0734. The second-order valence-corrected chi connectivity index (χ2v) is 11.1. The van der Waals surface area contributed by atoms with Crippen LogP contribution >= 0.6 is 0 Å². The Balaban J connectivity index is 1.41. The molecule has 0 spiro atoms. The first-order valence-electron chi connectivity index (χ1n) is 12.0. The molecular weight excluding hydrogens is 488 g/mol. The molecule has 0 saturated heterocycles. The summed E-state index contributed by atoms with van der Waals surface area (Å²) in [5, 5.41) is 0. The van der Waals surface area contributed by atoms with E-state index in [0.717, 1.165) is 16.3 Å². The highest BCUT2D eigenvalue weighted by Crippen LogP contribution is 2.25. The lowest BCUT2D eigenvalue weighted by Crippen LogP contribution is -2.36. The van der Waals surface area contributed by atoms with Gasteiger partial charge >= 0.3 is 0 Å². The average molecular weight is 517 g/mol. The Morgan fingerprint density at radius 3 is 2.19 bits per heavy atom. The molecule has 1 aliphatic heterocycles. The van der Waals surface area contributed by atoms with Crippen molar-refractivity contribution in [2.24, 2.45) is 7.05 Å². The molecule has 0 fully saturated rings. The highest BCUT2D eigenvalue weighted by Gasteiger charge is 2.29. The third-order valence-electron chi connectivity index (χ3n) is 7.02. The fourth-order valence-corrected chi connectivity index (χ4v) is 6.06. The van der Waals surface area contributed by atoms with E-state index < -0.39 is 15.6 Å². The molecule has 8 nitrogen and oxygen atoms in total. The summed E-state index contributed by atoms with van der Waals surface area (Å²) in [5.74, 6) is -0.142. The fraction of sp³-hybridized carbons (Fsp3) is 0.214. The predicted octanol–water partition coefficient (Wildman–Crippen LogP) is 3.51. The minimum absolute atomic E-state index is 0.00412. The lowest BCUT2D eigenvalue weighted by Gasteiger charge is -2.29. The van der Waals surface area contributed by atoms with E-state index in [9.17, 15) is 18.0 Å². The van der Waals surface area contributed by atoms with Crippen molar-refractivity contribution in [3.8, 4) is 5.69 Å². The summed E-state index contributed by atoms with van der Waals surface area (Å²) in [4.78, 5) is 28.2. The van der Waals surface area contributed by atoms with Gasteiger partial charge in [-0.05, 0) is 60.9 Å². The Morgan fingerprint density at radius 2 is 1.51 bits per heavy atom. The summed E-state index contributed by atoms with van der Waals surface area (Å²) in [6, 6.07) is 23.0. The predicted molar refractivity (Wildman–Crippen MR) is 143 cm³/mol. The summed E-state index contributed by atoms with van der Waals surface area (Å²) < 4.78 is 31.1. The highest BCUT2D eigenvalue weighted by molar-refractivity contribution is 7.92. The standard InChI is InChI=1S/C28H28N4O4S/c1-20-26(28(34)32(29(20)2)24-11-5-4-6-12-24)30(3)37(35,36)25-15-13-22(14-16-25)27(33)31-18-17-21-9-7-8-10-23(21)19-31/h4-16H,17-19H2,1-3H3. The van der Waals surface area contributed by atoms with Gasteiger partial charge in [-0.2, -0.15) is 0 Å². The molecule has 3 aromatic carbocycles. The smallest absolute Gasteiger partial charge is 0.296 e. The molecule has 5 rings (SSSR count). The first kappa shape index (κ1) is 24.6. The van der Waals surface area contributed by atoms with Gasteiger partial charge in [0, 0.05) is 32.7 Å². The van der Waals surface area contributed by atoms with Gasteiger partial charge in [0.2, 0.25) is 0 Å². The number of aromatic nitrogens is 2. The van der Waals surface area contributed by atoms with Crippen molar-refractivity contribution in [2.75, 3.05) is 17.9 Å². The molecule has 37 heavy (non-hydrogen) atoms. The Bertz CT molecular complexity index is 1640. The number of carbonyl (C=O) groups is 1. The van der Waals surface area contributed by atoms with Crippen LogP contribution in [0, 0.1) is 6.92 Å². The third kappa shape index (κ3) is 4.25. The van der Waals surface area contributed by atoms with Crippen LogP contribution in [0.25, 0.3) is 5.69 Å². The molecule has 0 radical (unpaired) electrons. The van der Waals surface area contributed by atoms with E-state index in [0.29, 0.717) is 30.0 Å². The molecule has 0 unspecified atom stereocenters. The molecule has 4 aromatic rings. The van der Waals surface area contributed by atoms with E-state index in [1.165, 1.54) is 41.6 Å². The Kier molecular flexibility index (Phi) is 6.25. The van der Waals surface area contributed by atoms with Crippen LogP contribution in [0.3, 0.4) is 0 Å². The van der Waals surface area contributed by atoms with Gasteiger partial charge in [0.25, 0.3) is 21.5 Å². The first-order chi connectivity index (χ1) is 17.7. The van der Waals surface area contributed by atoms with Gasteiger partial charge in [0.15, 0.2) is 0 Å². The van der Waals surface area contributed by atoms with Gasteiger partial charge in [-0.15, -0.1) is 0 Å². The highest BCUT2D eigenvalue weighted by atomic mass is 32.2. The summed E-state index contributed by atoms with van der Waals surface area (Å²) in [5.41, 5.74) is 3.58. The maximum atomic E-state index is 13.5. The number of benzene rings is 3. The molecule has 1 amide bonds. The lowest BCUT2D eigenvalue weighted by atomic mass is 9.99. The Morgan fingerprint density at radius 1 is 0.892 bits per heavy atom. The van der Waals surface area contributed by atoms with Crippen LogP contribution in [-0.4, -0.2) is 42.2 Å². The summed E-state index contributed by atoms with van der Waals surface area (Å²) in [6.45, 7) is 2.85. The first-order valence-corrected chi connectivity index (χ1v) is 13.4. The maximum absolute atomic E-state index is 13.5. The largest absolute Gasteiger partial charge is 0.334 e. The summed E-state index contributed by atoms with van der Waals surface area (Å²) in [7, 11) is -0.959. The second-order valence-electron chi connectivity index (χ2n) is 9.15. The second kappa shape index (κ2) is 9.40. The molecule has 9 heteroatoms. The van der Waals surface area contributed by atoms with Crippen LogP contribution in [0.15, 0.2) is 88.6 Å². The zero-order chi connectivity index (χ0) is 26.3. The SMILES string of the molecule is Cc1c(N(C)S(=O)(=O)c2ccc(C(=O)N3CCc4ccccc4C3)cc2)c(=O)n(-c2ccccc2)n1C. The minimum Gasteiger partial charge on any atom is -0.334 e. The molecule has 1 aromatic heterocycles. The van der Waals surface area contributed by atoms with E-state index in [1.807, 2.05) is 36.4 Å². The summed E-state index contributed by atoms with van der Waals surface area (Å²) >= 11 is 0. The molecule has 0 aliphatic carbocycles. The van der Waals surface area contributed by atoms with E-state index >= 15 is 0 Å². The number of rotatable bonds is 5. The number of para-hydroxylation sites is 1. The molecule has 2 heterocycles. The van der Waals surface area contributed by atoms with Crippen LogP contribution in [0.1, 0.15) is 27.2 Å². The average Bonchev–Trinajstić information content (AvgIpc) is 3.15. The molecular formula is C28H28N4O4S. The molecule has 190 valence electrons. The Hall–Kier alpha value is -4.11. The van der Waals surface area contributed by atoms with Crippen LogP contribution in [0.4, 0.5) is 5.69 Å². The number of fused-ring (bicyclic) bond motifs is 1. The normalized spacial score (nSPS) is 13.3. The van der Waals surface area contributed by atoms with Gasteiger partial charge in [0.1, 0.15) is 5.69 Å². The van der Waals surface area contributed by atoms with Crippen molar-refractivity contribution in [1.29, 1.82) is 0 Å². The quantitative estimate of drug-likeness (QED) is 0.406. The van der Waals surface area contributed by atoms with Crippen molar-refractivity contribution in [3.63, 3.8) is 0 Å². The number of hydrogen-bond donors (Lipinski definition) is 0. The topological polar surface area (TPSA) is 84.6 Å².